The van der Waals surface area contributed by atoms with E-state index in [1.54, 1.807) is 26.0 Å². The predicted octanol–water partition coefficient (Wildman–Crippen LogP) is 4.61. The molecule has 1 unspecified atom stereocenters. The Morgan fingerprint density at radius 2 is 1.83 bits per heavy atom. The molecule has 3 N–H and O–H groups in total. The second-order valence-corrected chi connectivity index (χ2v) is 7.73. The number of aromatic nitrogens is 2. The summed E-state index contributed by atoms with van der Waals surface area (Å²) >= 11 is 0. The molecule has 0 fully saturated rings. The van der Waals surface area contributed by atoms with E-state index in [2.05, 4.69) is 15.3 Å². The second kappa shape index (κ2) is 11.3. The van der Waals surface area contributed by atoms with Gasteiger partial charge in [0, 0.05) is 24.2 Å². The van der Waals surface area contributed by atoms with E-state index >= 15 is 0 Å². The molecule has 12 heteroatoms. The minimum absolute atomic E-state index is 0.0354. The average Bonchev–Trinajstić information content (AvgIpc) is 2.83. The van der Waals surface area contributed by atoms with Gasteiger partial charge in [-0.3, -0.25) is 0 Å². The lowest BCUT2D eigenvalue weighted by molar-refractivity contribution is -0.137. The number of nitrogens with zero attached hydrogens (tertiary/aromatic N) is 2. The summed E-state index contributed by atoms with van der Waals surface area (Å²) in [6, 6.07) is 5.82. The number of nitrogens with two attached hydrogens (primary N) is 1. The first-order chi connectivity index (χ1) is 17.1. The number of nitrogens with one attached hydrogen (secondary N) is 1. The molecule has 1 aromatic heterocycles. The number of benzene rings is 2. The lowest BCUT2D eigenvalue weighted by Crippen LogP contribution is -2.15. The van der Waals surface area contributed by atoms with Crippen LogP contribution < -0.4 is 20.5 Å². The molecule has 0 bridgehead atoms. The predicted molar refractivity (Wildman–Crippen MR) is 127 cm³/mol. The minimum atomic E-state index is -4.56. The van der Waals surface area contributed by atoms with Crippen molar-refractivity contribution in [1.29, 1.82) is 0 Å². The number of halogens is 3. The highest BCUT2D eigenvalue weighted by Crippen LogP contribution is 2.37. The fourth-order valence-electron chi connectivity index (χ4n) is 3.42. The number of alkyl halides is 3. The number of methoxy groups -OCH3 is 2. The first-order valence-corrected chi connectivity index (χ1v) is 11.0. The number of anilines is 2. The van der Waals surface area contributed by atoms with Crippen molar-refractivity contribution >= 4 is 28.4 Å². The molecule has 1 atom stereocenters. The molecular formula is C24H27F3N4O5. The maximum atomic E-state index is 13.3. The van der Waals surface area contributed by atoms with Crippen molar-refractivity contribution in [3.63, 3.8) is 0 Å². The van der Waals surface area contributed by atoms with Gasteiger partial charge in [-0.2, -0.15) is 13.2 Å². The molecule has 194 valence electrons. The van der Waals surface area contributed by atoms with Gasteiger partial charge >= 0.3 is 12.1 Å². The van der Waals surface area contributed by atoms with Gasteiger partial charge in [-0.05, 0) is 43.7 Å². The molecule has 0 aliphatic carbocycles. The zero-order chi connectivity index (χ0) is 26.5. The fraction of sp³-hybridized carbons (Fsp3) is 0.375. The van der Waals surface area contributed by atoms with Gasteiger partial charge in [-0.25, -0.2) is 14.8 Å². The van der Waals surface area contributed by atoms with E-state index in [0.717, 1.165) is 12.1 Å². The van der Waals surface area contributed by atoms with Crippen LogP contribution in [0.4, 0.5) is 24.7 Å². The van der Waals surface area contributed by atoms with Crippen LogP contribution in [-0.4, -0.2) is 50.0 Å². The van der Waals surface area contributed by atoms with Crippen LogP contribution in [0.15, 0.2) is 30.3 Å². The summed E-state index contributed by atoms with van der Waals surface area (Å²) in [7, 11) is 2.99. The smallest absolute Gasteiger partial charge is 0.416 e. The largest absolute Gasteiger partial charge is 0.493 e. The summed E-state index contributed by atoms with van der Waals surface area (Å²) in [5, 5.41) is 3.52. The third-order valence-corrected chi connectivity index (χ3v) is 5.14. The number of carbonyl (C=O) groups excluding carboxylic acids is 1. The van der Waals surface area contributed by atoms with E-state index in [0.29, 0.717) is 29.0 Å². The number of fused-ring (bicyclic) bond motifs is 1. The molecule has 1 heterocycles. The van der Waals surface area contributed by atoms with Gasteiger partial charge in [0.1, 0.15) is 12.4 Å². The maximum absolute atomic E-state index is 13.3. The molecule has 0 aliphatic heterocycles. The van der Waals surface area contributed by atoms with Gasteiger partial charge in [0.25, 0.3) is 0 Å². The van der Waals surface area contributed by atoms with Crippen molar-refractivity contribution in [1.82, 2.24) is 9.97 Å². The molecular weight excluding hydrogens is 481 g/mol. The van der Waals surface area contributed by atoms with Crippen LogP contribution in [0.3, 0.4) is 0 Å². The zero-order valence-corrected chi connectivity index (χ0v) is 20.2. The molecule has 2 aromatic carbocycles. The van der Waals surface area contributed by atoms with Gasteiger partial charge in [0.15, 0.2) is 11.5 Å². The van der Waals surface area contributed by atoms with Crippen molar-refractivity contribution in [3.05, 3.63) is 47.3 Å². The highest BCUT2D eigenvalue weighted by Gasteiger charge is 2.31. The Hall–Kier alpha value is -3.80. The molecule has 9 nitrogen and oxygen atoms in total. The minimum Gasteiger partial charge on any atom is -0.493 e. The number of nitrogen functional groups attached to an aromatic ring is 1. The van der Waals surface area contributed by atoms with Crippen molar-refractivity contribution in [2.75, 3.05) is 45.1 Å². The van der Waals surface area contributed by atoms with Crippen molar-refractivity contribution < 1.29 is 36.9 Å². The van der Waals surface area contributed by atoms with Crippen LogP contribution >= 0.6 is 0 Å². The highest BCUT2D eigenvalue weighted by molar-refractivity contribution is 5.96. The Bertz CT molecular complexity index is 1240. The Morgan fingerprint density at radius 1 is 1.08 bits per heavy atom. The summed E-state index contributed by atoms with van der Waals surface area (Å²) in [5.41, 5.74) is 5.43. The lowest BCUT2D eigenvalue weighted by atomic mass is 10.0. The van der Waals surface area contributed by atoms with Crippen LogP contribution in [0.25, 0.3) is 10.9 Å². The van der Waals surface area contributed by atoms with Gasteiger partial charge in [0.05, 0.1) is 37.4 Å². The molecule has 3 aromatic rings. The number of hydrogen-bond donors (Lipinski definition) is 2. The summed E-state index contributed by atoms with van der Waals surface area (Å²) in [6.07, 6.45) is -4.56. The molecule has 0 spiro atoms. The molecule has 0 radical (unpaired) electrons. The van der Waals surface area contributed by atoms with Crippen molar-refractivity contribution in [2.24, 2.45) is 0 Å². The van der Waals surface area contributed by atoms with Gasteiger partial charge in [0.2, 0.25) is 5.82 Å². The van der Waals surface area contributed by atoms with E-state index in [1.165, 1.54) is 20.3 Å². The summed E-state index contributed by atoms with van der Waals surface area (Å²) in [5.74, 6) is -0.0633. The quantitative estimate of drug-likeness (QED) is 0.230. The van der Waals surface area contributed by atoms with Gasteiger partial charge in [-0.1, -0.05) is 0 Å². The maximum Gasteiger partial charge on any atom is 0.416 e. The highest BCUT2D eigenvalue weighted by atomic mass is 19.4. The van der Waals surface area contributed by atoms with E-state index in [-0.39, 0.29) is 36.1 Å². The fourth-order valence-corrected chi connectivity index (χ4v) is 3.42. The molecule has 3 rings (SSSR count). The zero-order valence-electron chi connectivity index (χ0n) is 20.2. The average molecular weight is 508 g/mol. The van der Waals surface area contributed by atoms with Gasteiger partial charge < -0.3 is 30.0 Å². The summed E-state index contributed by atoms with van der Waals surface area (Å²) < 4.78 is 61.1. The van der Waals surface area contributed by atoms with E-state index in [4.69, 9.17) is 24.7 Å². The third kappa shape index (κ3) is 6.25. The van der Waals surface area contributed by atoms with E-state index in [1.807, 2.05) is 0 Å². The Balaban J connectivity index is 2.10. The van der Waals surface area contributed by atoms with Crippen LogP contribution in [0.5, 0.6) is 11.5 Å². The van der Waals surface area contributed by atoms with Crippen LogP contribution in [0, 0.1) is 0 Å². The standard InChI is InChI=1S/C24H27F3N4O5/c1-5-35-23(32)22-30-18-12-19(34-4)20(36-7-6-33-3)11-17(18)21(31-22)29-13(2)14-8-15(24(25,26)27)10-16(28)9-14/h8-13H,5-7,28H2,1-4H3,(H,29,30,31). The lowest BCUT2D eigenvalue weighted by Gasteiger charge is -2.20. The van der Waals surface area contributed by atoms with Crippen molar-refractivity contribution in [3.8, 4) is 11.5 Å². The van der Waals surface area contributed by atoms with Crippen molar-refractivity contribution in [2.45, 2.75) is 26.1 Å². The number of rotatable bonds is 10. The van der Waals surface area contributed by atoms with E-state index in [9.17, 15) is 18.0 Å². The van der Waals surface area contributed by atoms with Crippen LogP contribution in [-0.2, 0) is 15.7 Å². The Labute approximate surface area is 205 Å². The Morgan fingerprint density at radius 3 is 2.47 bits per heavy atom. The monoisotopic (exact) mass is 508 g/mol. The number of carbonyl (C=O) groups is 1. The molecule has 36 heavy (non-hydrogen) atoms. The first-order valence-electron chi connectivity index (χ1n) is 11.0. The molecule has 0 saturated heterocycles. The SMILES string of the molecule is CCOC(=O)c1nc(NC(C)c2cc(N)cc(C(F)(F)F)c2)c2cc(OCCOC)c(OC)cc2n1. The van der Waals surface area contributed by atoms with E-state index < -0.39 is 23.8 Å². The summed E-state index contributed by atoms with van der Waals surface area (Å²) in [4.78, 5) is 21.0. The van der Waals surface area contributed by atoms with Crippen LogP contribution in [0.1, 0.15) is 41.6 Å². The topological polar surface area (TPSA) is 118 Å². The number of ether oxygens (including phenoxy) is 4. The second-order valence-electron chi connectivity index (χ2n) is 7.73. The van der Waals surface area contributed by atoms with Crippen LogP contribution in [0.2, 0.25) is 0 Å². The third-order valence-electron chi connectivity index (χ3n) is 5.14. The first kappa shape index (κ1) is 26.8. The molecule has 0 aliphatic rings. The Kier molecular flexibility index (Phi) is 8.41. The number of esters is 1. The molecule has 0 amide bonds. The number of hydrogen-bond acceptors (Lipinski definition) is 9. The summed E-state index contributed by atoms with van der Waals surface area (Å²) in [6.45, 7) is 3.97. The molecule has 0 saturated carbocycles. The normalized spacial score (nSPS) is 12.3. The van der Waals surface area contributed by atoms with Gasteiger partial charge in [-0.15, -0.1) is 0 Å².